The summed E-state index contributed by atoms with van der Waals surface area (Å²) in [5.74, 6) is -6.43. The van der Waals surface area contributed by atoms with Crippen molar-refractivity contribution in [2.24, 2.45) is 35.3 Å². The Morgan fingerprint density at radius 2 is 1.59 bits per heavy atom. The van der Waals surface area contributed by atoms with E-state index >= 15 is 4.39 Å². The van der Waals surface area contributed by atoms with E-state index in [0.29, 0.717) is 49.8 Å². The second kappa shape index (κ2) is 22.5. The van der Waals surface area contributed by atoms with Gasteiger partial charge in [0.25, 0.3) is 11.7 Å². The van der Waals surface area contributed by atoms with Crippen LogP contribution in [-0.2, 0) is 38.1 Å². The molecule has 3 N–H and O–H groups in total. The van der Waals surface area contributed by atoms with Gasteiger partial charge in [0.05, 0.1) is 19.3 Å². The molecular formula is C49H73FN2O11. The van der Waals surface area contributed by atoms with Crippen LogP contribution in [-0.4, -0.2) is 116 Å². The van der Waals surface area contributed by atoms with Crippen LogP contribution in [0.5, 0.6) is 11.5 Å². The molecule has 4 aliphatic rings. The fraction of sp³-hybridized carbons (Fsp3) is 0.714. The molecule has 1 saturated carbocycles. The maximum absolute atomic E-state index is 16.3. The number of rotatable bonds is 8. The molecule has 1 aliphatic carbocycles. The fourth-order valence-corrected chi connectivity index (χ4v) is 10.0. The predicted molar refractivity (Wildman–Crippen MR) is 236 cm³/mol. The smallest absolute Gasteiger partial charge is 0.329 e. The van der Waals surface area contributed by atoms with Crippen molar-refractivity contribution in [1.29, 1.82) is 0 Å². The van der Waals surface area contributed by atoms with E-state index in [1.54, 1.807) is 34.0 Å². The zero-order valence-corrected chi connectivity index (χ0v) is 38.9. The molecule has 5 rings (SSSR count). The number of methoxy groups -OCH3 is 3. The number of carbonyl (C=O) groups is 4. The highest BCUT2D eigenvalue weighted by atomic mass is 19.1. The van der Waals surface area contributed by atoms with E-state index < -0.39 is 77.8 Å². The first-order chi connectivity index (χ1) is 29.9. The van der Waals surface area contributed by atoms with Gasteiger partial charge in [-0.3, -0.25) is 14.4 Å². The molecule has 63 heavy (non-hydrogen) atoms. The summed E-state index contributed by atoms with van der Waals surface area (Å²) in [6, 6.07) is 6.09. The highest BCUT2D eigenvalue weighted by Gasteiger charge is 2.56. The summed E-state index contributed by atoms with van der Waals surface area (Å²) >= 11 is 0. The number of esters is 1. The van der Waals surface area contributed by atoms with Gasteiger partial charge in [-0.2, -0.15) is 0 Å². The molecule has 13 nitrogen and oxygen atoms in total. The van der Waals surface area contributed by atoms with Crippen LogP contribution in [0.3, 0.4) is 0 Å². The third-order valence-corrected chi connectivity index (χ3v) is 14.1. The Hall–Kier alpha value is -3.69. The number of alkyl halides is 1. The molecule has 0 spiro atoms. The summed E-state index contributed by atoms with van der Waals surface area (Å²) in [4.78, 5) is 58.2. The lowest BCUT2D eigenvalue weighted by Gasteiger charge is -2.47. The number of allylic oxidation sites excluding steroid dienone is 3. The van der Waals surface area contributed by atoms with Crippen LogP contribution in [0, 0.1) is 29.6 Å². The van der Waals surface area contributed by atoms with E-state index in [2.05, 4.69) is 6.08 Å². The molecule has 14 heteroatoms. The average molecular weight is 885 g/mol. The summed E-state index contributed by atoms with van der Waals surface area (Å²) < 4.78 is 52.2. The lowest BCUT2D eigenvalue weighted by molar-refractivity contribution is -0.302. The third-order valence-electron chi connectivity index (χ3n) is 14.1. The second-order valence-electron chi connectivity index (χ2n) is 18.7. The highest BCUT2D eigenvalue weighted by molar-refractivity contribution is 6.39. The Morgan fingerprint density at radius 3 is 2.24 bits per heavy atom. The van der Waals surface area contributed by atoms with E-state index in [1.807, 2.05) is 45.0 Å². The van der Waals surface area contributed by atoms with Crippen LogP contribution >= 0.6 is 0 Å². The average Bonchev–Trinajstić information content (AvgIpc) is 3.28. The number of ether oxygens (including phenoxy) is 6. The molecule has 352 valence electrons. The SMILES string of the molecule is CCC1C=C(C)C(F)C(C)CC(OC)C2OC(O)(C(=O)C(=O)N3CCCCC3C(=O)OC(C(C)=CC3CCC(N)C(Oc4ccc(OC)cc4)C3)C(C)CCC1=O)C(C)CC2OC. The van der Waals surface area contributed by atoms with Crippen molar-refractivity contribution in [3.63, 3.8) is 0 Å². The van der Waals surface area contributed by atoms with Gasteiger partial charge in [0, 0.05) is 45.1 Å². The normalized spacial score (nSPS) is 37.3. The molecule has 14 atom stereocenters. The molecule has 1 aromatic carbocycles. The minimum absolute atomic E-state index is 0.0368. The predicted octanol–water partition coefficient (Wildman–Crippen LogP) is 6.86. The maximum Gasteiger partial charge on any atom is 0.329 e. The Morgan fingerprint density at radius 1 is 0.921 bits per heavy atom. The number of nitrogens with zero attached hydrogens (tertiary/aromatic N) is 1. The van der Waals surface area contributed by atoms with E-state index in [4.69, 9.17) is 34.2 Å². The molecule has 14 unspecified atom stereocenters. The van der Waals surface area contributed by atoms with Gasteiger partial charge in [-0.25, -0.2) is 9.18 Å². The number of aliphatic hydroxyl groups is 1. The number of Topliss-reactive ketones (excluding diaryl/α,β-unsaturated/α-hetero) is 2. The van der Waals surface area contributed by atoms with Gasteiger partial charge in [0.1, 0.15) is 47.8 Å². The van der Waals surface area contributed by atoms with Gasteiger partial charge in [-0.15, -0.1) is 0 Å². The summed E-state index contributed by atoms with van der Waals surface area (Å²) in [5, 5.41) is 12.1. The quantitative estimate of drug-likeness (QED) is 0.158. The lowest BCUT2D eigenvalue weighted by atomic mass is 9.81. The minimum atomic E-state index is -2.57. The van der Waals surface area contributed by atoms with E-state index in [9.17, 15) is 24.3 Å². The van der Waals surface area contributed by atoms with Gasteiger partial charge >= 0.3 is 5.97 Å². The van der Waals surface area contributed by atoms with Crippen LogP contribution in [0.25, 0.3) is 0 Å². The Labute approximate surface area is 373 Å². The summed E-state index contributed by atoms with van der Waals surface area (Å²) in [7, 11) is 4.53. The molecule has 1 amide bonds. The van der Waals surface area contributed by atoms with Gasteiger partial charge in [-0.05, 0) is 131 Å². The van der Waals surface area contributed by atoms with Gasteiger partial charge < -0.3 is 44.2 Å². The first-order valence-electron chi connectivity index (χ1n) is 23.1. The van der Waals surface area contributed by atoms with Gasteiger partial charge in [-0.1, -0.05) is 39.8 Å². The van der Waals surface area contributed by atoms with Crippen molar-refractivity contribution in [2.75, 3.05) is 27.9 Å². The Balaban J connectivity index is 1.49. The van der Waals surface area contributed by atoms with E-state index in [0.717, 1.165) is 17.7 Å². The number of piperidine rings is 1. The van der Waals surface area contributed by atoms with Crippen molar-refractivity contribution in [1.82, 2.24) is 4.90 Å². The number of cyclic esters (lactones) is 1. The molecule has 3 heterocycles. The number of hydrogen-bond donors (Lipinski definition) is 2. The van der Waals surface area contributed by atoms with Gasteiger partial charge in [0.15, 0.2) is 0 Å². The van der Waals surface area contributed by atoms with Crippen LogP contribution in [0.2, 0.25) is 0 Å². The third kappa shape index (κ3) is 12.0. The number of halogens is 1. The summed E-state index contributed by atoms with van der Waals surface area (Å²) in [6.45, 7) is 10.9. The number of amides is 1. The van der Waals surface area contributed by atoms with Crippen LogP contribution in [0.4, 0.5) is 4.39 Å². The highest BCUT2D eigenvalue weighted by Crippen LogP contribution is 2.40. The van der Waals surface area contributed by atoms with Crippen LogP contribution < -0.4 is 15.2 Å². The molecule has 2 bridgehead atoms. The van der Waals surface area contributed by atoms with Crippen molar-refractivity contribution in [2.45, 2.75) is 167 Å². The number of benzene rings is 1. The first-order valence-corrected chi connectivity index (χ1v) is 23.1. The number of hydrogen-bond acceptors (Lipinski definition) is 12. The molecule has 0 aromatic heterocycles. The second-order valence-corrected chi connectivity index (χ2v) is 18.7. The van der Waals surface area contributed by atoms with Crippen molar-refractivity contribution < 1.29 is 57.1 Å². The van der Waals surface area contributed by atoms with E-state index in [-0.39, 0.29) is 62.0 Å². The van der Waals surface area contributed by atoms with Crippen molar-refractivity contribution >= 4 is 23.4 Å². The Bertz CT molecular complexity index is 1790. The number of fused-ring (bicyclic) bond motifs is 3. The Kier molecular flexibility index (Phi) is 17.9. The molecule has 1 aromatic rings. The number of carbonyl (C=O) groups excluding carboxylic acids is 4. The summed E-state index contributed by atoms with van der Waals surface area (Å²) in [6.07, 6.45) is 3.67. The van der Waals surface area contributed by atoms with Crippen molar-refractivity contribution in [3.05, 3.63) is 47.6 Å². The largest absolute Gasteiger partial charge is 0.497 e. The van der Waals surface area contributed by atoms with Crippen LogP contribution in [0.15, 0.2) is 47.6 Å². The van der Waals surface area contributed by atoms with Gasteiger partial charge in [0.2, 0.25) is 5.79 Å². The van der Waals surface area contributed by atoms with E-state index in [1.165, 1.54) is 19.1 Å². The first kappa shape index (κ1) is 50.3. The molecular weight excluding hydrogens is 812 g/mol. The van der Waals surface area contributed by atoms with Crippen LogP contribution in [0.1, 0.15) is 112 Å². The zero-order chi connectivity index (χ0) is 46.2. The molecule has 3 fully saturated rings. The van der Waals surface area contributed by atoms with Crippen molar-refractivity contribution in [3.8, 4) is 11.5 Å². The molecule has 2 saturated heterocycles. The lowest BCUT2D eigenvalue weighted by Crippen LogP contribution is -2.64. The number of ketones is 2. The minimum Gasteiger partial charge on any atom is -0.497 e. The summed E-state index contributed by atoms with van der Waals surface area (Å²) in [5.41, 5.74) is 7.77. The molecule has 0 radical (unpaired) electrons. The standard InChI is InChI=1S/C49H73FN2O11/c1-10-34-24-29(3)43(50)30(4)25-41(59-8)45-42(60-9)26-32(6)49(57,63-45)46(54)47(55)52-22-12-11-13-38(52)48(56)62-44(28(2)14-21-39(34)53)31(5)23-33-15-20-37(51)40(27-33)61-36-18-16-35(58-7)17-19-36/h16-19,23-24,28,30,32-34,37-38,40-45,57H,10-15,20-22,25-27,51H2,1-9H3. The monoisotopic (exact) mass is 885 g/mol. The number of nitrogens with two attached hydrogens (primary N) is 1. The zero-order valence-electron chi connectivity index (χ0n) is 38.9. The topological polar surface area (TPSA) is 173 Å². The molecule has 3 aliphatic heterocycles. The fourth-order valence-electron chi connectivity index (χ4n) is 10.0. The maximum atomic E-state index is 16.3.